The van der Waals surface area contributed by atoms with Crippen LogP contribution in [0, 0.1) is 11.3 Å². The van der Waals surface area contributed by atoms with Crippen LogP contribution in [0.5, 0.6) is 5.75 Å². The predicted octanol–water partition coefficient (Wildman–Crippen LogP) is 2.04. The van der Waals surface area contributed by atoms with Gasteiger partial charge in [0.15, 0.2) is 5.12 Å². The summed E-state index contributed by atoms with van der Waals surface area (Å²) in [6.45, 7) is 1.79. The Labute approximate surface area is 128 Å². The molecule has 0 aliphatic heterocycles. The number of benzene rings is 1. The van der Waals surface area contributed by atoms with Gasteiger partial charge in [-0.1, -0.05) is 23.9 Å². The lowest BCUT2D eigenvalue weighted by atomic mass is 10.0. The first-order valence-corrected chi connectivity index (χ1v) is 7.62. The van der Waals surface area contributed by atoms with E-state index in [1.165, 1.54) is 6.92 Å². The van der Waals surface area contributed by atoms with Crippen LogP contribution >= 0.6 is 11.8 Å². The van der Waals surface area contributed by atoms with Crippen molar-refractivity contribution in [3.63, 3.8) is 0 Å². The molecule has 21 heavy (non-hydrogen) atoms. The maximum absolute atomic E-state index is 10.8. The average Bonchev–Trinajstić information content (AvgIpc) is 2.47. The molecule has 0 amide bonds. The van der Waals surface area contributed by atoms with Gasteiger partial charge in [-0.2, -0.15) is 5.26 Å². The van der Waals surface area contributed by atoms with Crippen LogP contribution in [0.3, 0.4) is 0 Å². The van der Waals surface area contributed by atoms with E-state index in [2.05, 4.69) is 0 Å². The van der Waals surface area contributed by atoms with Crippen molar-refractivity contribution in [1.82, 2.24) is 0 Å². The van der Waals surface area contributed by atoms with Gasteiger partial charge < -0.3 is 14.9 Å². The minimum Gasteiger partial charge on any atom is -0.493 e. The van der Waals surface area contributed by atoms with Crippen molar-refractivity contribution in [1.29, 1.82) is 5.26 Å². The summed E-state index contributed by atoms with van der Waals surface area (Å²) in [7, 11) is 0. The molecule has 6 heteroatoms. The van der Waals surface area contributed by atoms with Gasteiger partial charge in [-0.15, -0.1) is 0 Å². The zero-order valence-corrected chi connectivity index (χ0v) is 12.7. The fourth-order valence-corrected chi connectivity index (χ4v) is 2.33. The number of carbonyl (C=O) groups is 1. The van der Waals surface area contributed by atoms with Crippen LogP contribution in [0.1, 0.15) is 31.4 Å². The molecule has 0 saturated heterocycles. The minimum atomic E-state index is -0.995. The molecule has 0 aliphatic rings. The molecule has 0 spiro atoms. The van der Waals surface area contributed by atoms with E-state index in [1.807, 2.05) is 6.07 Å². The first kappa shape index (κ1) is 17.5. The third-order valence-corrected chi connectivity index (χ3v) is 3.63. The lowest BCUT2D eigenvalue weighted by Gasteiger charge is -2.18. The van der Waals surface area contributed by atoms with Crippen LogP contribution in [0.4, 0.5) is 0 Å². The molecule has 1 aromatic carbocycles. The fourth-order valence-electron chi connectivity index (χ4n) is 1.68. The van der Waals surface area contributed by atoms with Crippen molar-refractivity contribution in [3.05, 3.63) is 29.8 Å². The van der Waals surface area contributed by atoms with Crippen molar-refractivity contribution in [3.8, 4) is 11.8 Å². The molecule has 1 aromatic rings. The summed E-state index contributed by atoms with van der Waals surface area (Å²) in [6, 6.07) is 8.71. The molecule has 0 bridgehead atoms. The van der Waals surface area contributed by atoms with E-state index in [4.69, 9.17) is 10.00 Å². The second kappa shape index (κ2) is 9.40. The fraction of sp³-hybridized carbons (Fsp3) is 0.467. The molecule has 0 fully saturated rings. The van der Waals surface area contributed by atoms with Crippen LogP contribution in [0.15, 0.2) is 24.3 Å². The number of aliphatic hydroxyl groups is 2. The molecule has 0 aliphatic carbocycles. The number of hydrogen-bond acceptors (Lipinski definition) is 6. The van der Waals surface area contributed by atoms with Crippen LogP contribution in [0.25, 0.3) is 0 Å². The zero-order chi connectivity index (χ0) is 15.7. The highest BCUT2D eigenvalue weighted by Crippen LogP contribution is 2.23. The molecule has 5 nitrogen and oxygen atoms in total. The minimum absolute atomic E-state index is 0.00411. The topological polar surface area (TPSA) is 90.6 Å². The van der Waals surface area contributed by atoms with Gasteiger partial charge in [-0.3, -0.25) is 4.79 Å². The third kappa shape index (κ3) is 6.63. The normalized spacial score (nSPS) is 13.2. The Morgan fingerprint density at radius 1 is 1.38 bits per heavy atom. The smallest absolute Gasteiger partial charge is 0.185 e. The molecule has 0 radical (unpaired) electrons. The maximum Gasteiger partial charge on any atom is 0.185 e. The summed E-state index contributed by atoms with van der Waals surface area (Å²) >= 11 is 1.13. The lowest BCUT2D eigenvalue weighted by Crippen LogP contribution is -2.19. The van der Waals surface area contributed by atoms with Gasteiger partial charge >= 0.3 is 0 Å². The number of thioether (sulfide) groups is 1. The molecular formula is C15H19NO4S. The number of carbonyl (C=O) groups excluding carboxylic acids is 1. The summed E-state index contributed by atoms with van der Waals surface area (Å²) in [6.07, 6.45) is -1.25. The zero-order valence-electron chi connectivity index (χ0n) is 11.9. The summed E-state index contributed by atoms with van der Waals surface area (Å²) < 4.78 is 5.33. The van der Waals surface area contributed by atoms with Crippen molar-refractivity contribution >= 4 is 16.9 Å². The number of nitriles is 1. The van der Waals surface area contributed by atoms with Crippen LogP contribution in [-0.4, -0.2) is 33.8 Å². The van der Waals surface area contributed by atoms with Crippen molar-refractivity contribution in [2.75, 3.05) is 12.4 Å². The second-order valence-corrected chi connectivity index (χ2v) is 5.74. The van der Waals surface area contributed by atoms with E-state index in [0.29, 0.717) is 36.5 Å². The van der Waals surface area contributed by atoms with Gasteiger partial charge in [0, 0.05) is 12.7 Å². The van der Waals surface area contributed by atoms with Crippen molar-refractivity contribution in [2.45, 2.75) is 32.0 Å². The van der Waals surface area contributed by atoms with Gasteiger partial charge in [-0.25, -0.2) is 0 Å². The Bertz CT molecular complexity index is 483. The highest BCUT2D eigenvalue weighted by Gasteiger charge is 2.18. The van der Waals surface area contributed by atoms with Crippen LogP contribution in [-0.2, 0) is 4.79 Å². The molecule has 0 heterocycles. The molecule has 2 unspecified atom stereocenters. The summed E-state index contributed by atoms with van der Waals surface area (Å²) in [5.41, 5.74) is 0.586. The standard InChI is InChI=1S/C15H19NO4S/c1-11(17)21-10-7-14(18)15(19)12-3-5-13(6-4-12)20-9-2-8-16/h3-6,14-15,18-19H,2,7,9-10H2,1H3. The summed E-state index contributed by atoms with van der Waals surface area (Å²) in [5.74, 6) is 1.09. The number of nitrogens with zero attached hydrogens (tertiary/aromatic N) is 1. The maximum atomic E-state index is 10.8. The molecule has 114 valence electrons. The van der Waals surface area contributed by atoms with Crippen LogP contribution < -0.4 is 4.74 Å². The number of aliphatic hydroxyl groups excluding tert-OH is 2. The number of ether oxygens (including phenoxy) is 1. The quantitative estimate of drug-likeness (QED) is 0.714. The van der Waals surface area contributed by atoms with Crippen molar-refractivity contribution in [2.24, 2.45) is 0 Å². The Kier molecular flexibility index (Phi) is 7.83. The van der Waals surface area contributed by atoms with Crippen molar-refractivity contribution < 1.29 is 19.7 Å². The number of hydrogen-bond donors (Lipinski definition) is 2. The average molecular weight is 309 g/mol. The van der Waals surface area contributed by atoms with E-state index in [-0.39, 0.29) is 5.12 Å². The third-order valence-electron chi connectivity index (χ3n) is 2.79. The van der Waals surface area contributed by atoms with E-state index in [0.717, 1.165) is 11.8 Å². The van der Waals surface area contributed by atoms with E-state index < -0.39 is 12.2 Å². The van der Waals surface area contributed by atoms with Crippen LogP contribution in [0.2, 0.25) is 0 Å². The monoisotopic (exact) mass is 309 g/mol. The second-order valence-electron chi connectivity index (χ2n) is 4.47. The largest absolute Gasteiger partial charge is 0.493 e. The number of rotatable bonds is 8. The highest BCUT2D eigenvalue weighted by molar-refractivity contribution is 8.13. The Hall–Kier alpha value is -1.55. The van der Waals surface area contributed by atoms with Gasteiger partial charge in [0.1, 0.15) is 18.5 Å². The van der Waals surface area contributed by atoms with Gasteiger partial charge in [0.05, 0.1) is 18.6 Å². The van der Waals surface area contributed by atoms with Gasteiger partial charge in [0.2, 0.25) is 0 Å². The first-order chi connectivity index (χ1) is 10.0. The Morgan fingerprint density at radius 2 is 2.05 bits per heavy atom. The predicted molar refractivity (Wildman–Crippen MR) is 80.9 cm³/mol. The van der Waals surface area contributed by atoms with Gasteiger partial charge in [-0.05, 0) is 24.1 Å². The Morgan fingerprint density at radius 3 is 2.62 bits per heavy atom. The molecule has 1 rings (SSSR count). The van der Waals surface area contributed by atoms with E-state index >= 15 is 0 Å². The highest BCUT2D eigenvalue weighted by atomic mass is 32.2. The molecular weight excluding hydrogens is 290 g/mol. The molecule has 2 N–H and O–H groups in total. The summed E-state index contributed by atoms with van der Waals surface area (Å²) in [4.78, 5) is 10.8. The molecule has 2 atom stereocenters. The van der Waals surface area contributed by atoms with E-state index in [9.17, 15) is 15.0 Å². The molecule has 0 aromatic heterocycles. The Balaban J connectivity index is 2.48. The summed E-state index contributed by atoms with van der Waals surface area (Å²) in [5, 5.41) is 28.3. The lowest BCUT2D eigenvalue weighted by molar-refractivity contribution is -0.109. The SMILES string of the molecule is CC(=O)SCCC(O)C(O)c1ccc(OCCC#N)cc1. The first-order valence-electron chi connectivity index (χ1n) is 6.63. The molecule has 0 saturated carbocycles. The van der Waals surface area contributed by atoms with E-state index in [1.54, 1.807) is 24.3 Å². The van der Waals surface area contributed by atoms with Gasteiger partial charge in [0.25, 0.3) is 0 Å².